The normalized spacial score (nSPS) is 10.7. The molecule has 0 radical (unpaired) electrons. The fourth-order valence-corrected chi connectivity index (χ4v) is 2.65. The molecule has 0 atom stereocenters. The lowest BCUT2D eigenvalue weighted by Crippen LogP contribution is -2.23. The van der Waals surface area contributed by atoms with Crippen LogP contribution in [0.25, 0.3) is 11.3 Å². The summed E-state index contributed by atoms with van der Waals surface area (Å²) in [7, 11) is 1.75. The van der Waals surface area contributed by atoms with Crippen molar-refractivity contribution in [3.63, 3.8) is 0 Å². The molecule has 1 aromatic heterocycles. The standard InChI is InChI=1S/C19H17ClFN3O/c1-12-9-14(5-8-16(12)21)18-10-17(23-24(18)2)19(25)22-11-13-3-6-15(20)7-4-13/h3-10H,11H2,1-2H3,(H,22,25). The van der Waals surface area contributed by atoms with Crippen LogP contribution in [-0.4, -0.2) is 15.7 Å². The first-order valence-corrected chi connectivity index (χ1v) is 8.15. The molecule has 0 aliphatic carbocycles. The van der Waals surface area contributed by atoms with Crippen molar-refractivity contribution >= 4 is 17.5 Å². The Kier molecular flexibility index (Phi) is 4.86. The summed E-state index contributed by atoms with van der Waals surface area (Å²) in [5, 5.41) is 7.74. The van der Waals surface area contributed by atoms with E-state index < -0.39 is 0 Å². The highest BCUT2D eigenvalue weighted by Crippen LogP contribution is 2.22. The van der Waals surface area contributed by atoms with Gasteiger partial charge in [0.25, 0.3) is 5.91 Å². The summed E-state index contributed by atoms with van der Waals surface area (Å²) in [6.07, 6.45) is 0. The minimum Gasteiger partial charge on any atom is -0.347 e. The fraction of sp³-hybridized carbons (Fsp3) is 0.158. The van der Waals surface area contributed by atoms with Crippen LogP contribution in [0.2, 0.25) is 5.02 Å². The Hall–Kier alpha value is -2.66. The molecule has 2 aromatic carbocycles. The topological polar surface area (TPSA) is 46.9 Å². The Labute approximate surface area is 150 Å². The second-order valence-corrected chi connectivity index (χ2v) is 6.25. The predicted molar refractivity (Wildman–Crippen MR) is 96.0 cm³/mol. The van der Waals surface area contributed by atoms with E-state index in [1.54, 1.807) is 49.0 Å². The number of benzene rings is 2. The third kappa shape index (κ3) is 3.88. The van der Waals surface area contributed by atoms with Crippen molar-refractivity contribution in [3.05, 3.63) is 76.2 Å². The number of hydrogen-bond acceptors (Lipinski definition) is 2. The van der Waals surface area contributed by atoms with Crippen molar-refractivity contribution in [1.29, 1.82) is 0 Å². The number of rotatable bonds is 4. The maximum absolute atomic E-state index is 13.4. The maximum Gasteiger partial charge on any atom is 0.272 e. The van der Waals surface area contributed by atoms with Gasteiger partial charge in [-0.3, -0.25) is 9.48 Å². The van der Waals surface area contributed by atoms with Crippen LogP contribution < -0.4 is 5.32 Å². The van der Waals surface area contributed by atoms with Gasteiger partial charge in [0.2, 0.25) is 0 Å². The zero-order valence-corrected chi connectivity index (χ0v) is 14.6. The lowest BCUT2D eigenvalue weighted by molar-refractivity contribution is 0.0945. The Morgan fingerprint density at radius 2 is 1.92 bits per heavy atom. The van der Waals surface area contributed by atoms with Crippen LogP contribution in [0.5, 0.6) is 0 Å². The molecule has 0 spiro atoms. The second-order valence-electron chi connectivity index (χ2n) is 5.81. The first-order valence-electron chi connectivity index (χ1n) is 7.77. The van der Waals surface area contributed by atoms with Gasteiger partial charge in [0.15, 0.2) is 5.69 Å². The SMILES string of the molecule is Cc1cc(-c2cc(C(=O)NCc3ccc(Cl)cc3)nn2C)ccc1F. The van der Waals surface area contributed by atoms with Gasteiger partial charge < -0.3 is 5.32 Å². The van der Waals surface area contributed by atoms with E-state index in [0.717, 1.165) is 16.8 Å². The molecule has 0 unspecified atom stereocenters. The van der Waals surface area contributed by atoms with Crippen LogP contribution in [0.4, 0.5) is 4.39 Å². The summed E-state index contributed by atoms with van der Waals surface area (Å²) >= 11 is 5.85. The number of amides is 1. The zero-order valence-electron chi connectivity index (χ0n) is 13.9. The van der Waals surface area contributed by atoms with Gasteiger partial charge in [0, 0.05) is 24.2 Å². The molecule has 0 saturated carbocycles. The molecular weight excluding hydrogens is 341 g/mol. The molecular formula is C19H17ClFN3O. The van der Waals surface area contributed by atoms with Gasteiger partial charge in [-0.2, -0.15) is 5.10 Å². The average Bonchev–Trinajstić information content (AvgIpc) is 2.98. The number of carbonyl (C=O) groups is 1. The summed E-state index contributed by atoms with van der Waals surface area (Å²) in [6, 6.07) is 13.8. The molecule has 1 heterocycles. The predicted octanol–water partition coefficient (Wildman–Crippen LogP) is 4.12. The minimum absolute atomic E-state index is 0.258. The van der Waals surface area contributed by atoms with E-state index in [-0.39, 0.29) is 11.7 Å². The highest BCUT2D eigenvalue weighted by atomic mass is 35.5. The van der Waals surface area contributed by atoms with Crippen molar-refractivity contribution in [3.8, 4) is 11.3 Å². The fourth-order valence-electron chi connectivity index (χ4n) is 2.53. The van der Waals surface area contributed by atoms with Gasteiger partial charge in [-0.1, -0.05) is 23.7 Å². The second kappa shape index (κ2) is 7.07. The van der Waals surface area contributed by atoms with Crippen LogP contribution in [0.3, 0.4) is 0 Å². The maximum atomic E-state index is 13.4. The molecule has 6 heteroatoms. The summed E-state index contributed by atoms with van der Waals surface area (Å²) < 4.78 is 15.1. The number of aryl methyl sites for hydroxylation is 2. The van der Waals surface area contributed by atoms with Gasteiger partial charge in [0.05, 0.1) is 5.69 Å². The van der Waals surface area contributed by atoms with Crippen LogP contribution in [0.1, 0.15) is 21.6 Å². The third-order valence-electron chi connectivity index (χ3n) is 3.93. The summed E-state index contributed by atoms with van der Waals surface area (Å²) in [5.41, 5.74) is 3.37. The van der Waals surface area contributed by atoms with E-state index >= 15 is 0 Å². The number of halogens is 2. The molecule has 0 fully saturated rings. The molecule has 0 aliphatic rings. The molecule has 0 aliphatic heterocycles. The minimum atomic E-state index is -0.268. The van der Waals surface area contributed by atoms with E-state index in [2.05, 4.69) is 10.4 Å². The van der Waals surface area contributed by atoms with E-state index in [1.165, 1.54) is 6.07 Å². The zero-order chi connectivity index (χ0) is 18.0. The lowest BCUT2D eigenvalue weighted by atomic mass is 10.1. The smallest absolute Gasteiger partial charge is 0.272 e. The Morgan fingerprint density at radius 3 is 2.60 bits per heavy atom. The number of carbonyl (C=O) groups excluding carboxylic acids is 1. The molecule has 128 valence electrons. The largest absolute Gasteiger partial charge is 0.347 e. The molecule has 1 N–H and O–H groups in total. The van der Waals surface area contributed by atoms with E-state index in [1.807, 2.05) is 12.1 Å². The number of nitrogens with one attached hydrogen (secondary N) is 1. The molecule has 1 amide bonds. The first-order chi connectivity index (χ1) is 11.9. The van der Waals surface area contributed by atoms with Gasteiger partial charge in [-0.15, -0.1) is 0 Å². The summed E-state index contributed by atoms with van der Waals surface area (Å²) in [4.78, 5) is 12.3. The van der Waals surface area contributed by atoms with Gasteiger partial charge in [-0.25, -0.2) is 4.39 Å². The van der Waals surface area contributed by atoms with Crippen LogP contribution in [-0.2, 0) is 13.6 Å². The summed E-state index contributed by atoms with van der Waals surface area (Å²) in [5.74, 6) is -0.525. The van der Waals surface area contributed by atoms with Crippen molar-refractivity contribution in [1.82, 2.24) is 15.1 Å². The molecule has 4 nitrogen and oxygen atoms in total. The van der Waals surface area contributed by atoms with Gasteiger partial charge in [0.1, 0.15) is 5.82 Å². The Balaban J connectivity index is 1.75. The van der Waals surface area contributed by atoms with Crippen molar-refractivity contribution in [2.24, 2.45) is 7.05 Å². The highest BCUT2D eigenvalue weighted by Gasteiger charge is 2.14. The van der Waals surface area contributed by atoms with E-state index in [4.69, 9.17) is 11.6 Å². The van der Waals surface area contributed by atoms with Crippen molar-refractivity contribution in [2.75, 3.05) is 0 Å². The van der Waals surface area contributed by atoms with E-state index in [0.29, 0.717) is 22.8 Å². The van der Waals surface area contributed by atoms with Crippen molar-refractivity contribution in [2.45, 2.75) is 13.5 Å². The Morgan fingerprint density at radius 1 is 1.20 bits per heavy atom. The monoisotopic (exact) mass is 357 g/mol. The molecule has 25 heavy (non-hydrogen) atoms. The molecule has 0 saturated heterocycles. The Bertz CT molecular complexity index is 919. The number of nitrogens with zero attached hydrogens (tertiary/aromatic N) is 2. The van der Waals surface area contributed by atoms with Crippen LogP contribution in [0.15, 0.2) is 48.5 Å². The van der Waals surface area contributed by atoms with Crippen LogP contribution in [0, 0.1) is 12.7 Å². The van der Waals surface area contributed by atoms with Crippen molar-refractivity contribution < 1.29 is 9.18 Å². The third-order valence-corrected chi connectivity index (χ3v) is 4.18. The number of hydrogen-bond donors (Lipinski definition) is 1. The average molecular weight is 358 g/mol. The van der Waals surface area contributed by atoms with Crippen LogP contribution >= 0.6 is 11.6 Å². The molecule has 3 rings (SSSR count). The molecule has 0 bridgehead atoms. The quantitative estimate of drug-likeness (QED) is 0.763. The van der Waals surface area contributed by atoms with Gasteiger partial charge >= 0.3 is 0 Å². The highest BCUT2D eigenvalue weighted by molar-refractivity contribution is 6.30. The summed E-state index contributed by atoms with van der Waals surface area (Å²) in [6.45, 7) is 2.09. The first kappa shape index (κ1) is 17.2. The van der Waals surface area contributed by atoms with Gasteiger partial charge in [-0.05, 0) is 54.4 Å². The number of aromatic nitrogens is 2. The molecule has 3 aromatic rings. The van der Waals surface area contributed by atoms with E-state index in [9.17, 15) is 9.18 Å². The lowest BCUT2D eigenvalue weighted by Gasteiger charge is -2.03.